The normalized spacial score (nSPS) is 11.3. The van der Waals surface area contributed by atoms with E-state index < -0.39 is 0 Å². The van der Waals surface area contributed by atoms with Crippen LogP contribution >= 0.6 is 22.7 Å². The van der Waals surface area contributed by atoms with Crippen molar-refractivity contribution in [3.05, 3.63) is 32.2 Å². The number of hydrogen-bond donors (Lipinski definition) is 1. The molecule has 0 fully saturated rings. The Bertz CT molecular complexity index is 477. The minimum absolute atomic E-state index is 0.527. The largest absolute Gasteiger partial charge is 0.325 e. The second kappa shape index (κ2) is 5.68. The molecule has 0 aromatic carbocycles. The molecule has 0 atom stereocenters. The summed E-state index contributed by atoms with van der Waals surface area (Å²) in [6.07, 6.45) is 0. The number of aromatic nitrogens is 2. The number of aryl methyl sites for hydroxylation is 1. The maximum Gasteiger partial charge on any atom is 0.106 e. The molecule has 4 nitrogen and oxygen atoms in total. The molecule has 0 aliphatic carbocycles. The maximum absolute atomic E-state index is 5.55. The van der Waals surface area contributed by atoms with E-state index in [-0.39, 0.29) is 0 Å². The summed E-state index contributed by atoms with van der Waals surface area (Å²) in [7, 11) is 2.08. The highest BCUT2D eigenvalue weighted by Gasteiger charge is 2.07. The lowest BCUT2D eigenvalue weighted by Crippen LogP contribution is -2.17. The average Bonchev–Trinajstić information content (AvgIpc) is 2.88. The van der Waals surface area contributed by atoms with Crippen LogP contribution in [0.4, 0.5) is 0 Å². The molecule has 6 heteroatoms. The molecule has 2 aromatic rings. The lowest BCUT2D eigenvalue weighted by molar-refractivity contribution is 0.312. The van der Waals surface area contributed by atoms with Gasteiger partial charge in [0.15, 0.2) is 0 Å². The van der Waals surface area contributed by atoms with Gasteiger partial charge in [-0.15, -0.1) is 22.7 Å². The molecule has 0 amide bonds. The van der Waals surface area contributed by atoms with E-state index in [1.54, 1.807) is 22.7 Å². The smallest absolute Gasteiger partial charge is 0.106 e. The molecule has 2 rings (SSSR count). The molecule has 0 saturated carbocycles. The first-order valence-electron chi connectivity index (χ1n) is 5.40. The van der Waals surface area contributed by atoms with Gasteiger partial charge < -0.3 is 5.73 Å². The zero-order chi connectivity index (χ0) is 12.3. The minimum Gasteiger partial charge on any atom is -0.325 e. The van der Waals surface area contributed by atoms with Crippen LogP contribution in [0.1, 0.15) is 21.4 Å². The Morgan fingerprint density at radius 2 is 1.82 bits per heavy atom. The quantitative estimate of drug-likeness (QED) is 0.901. The van der Waals surface area contributed by atoms with Gasteiger partial charge in [-0.3, -0.25) is 4.90 Å². The van der Waals surface area contributed by atoms with Gasteiger partial charge in [0.2, 0.25) is 0 Å². The van der Waals surface area contributed by atoms with Crippen molar-refractivity contribution in [2.75, 3.05) is 7.05 Å². The van der Waals surface area contributed by atoms with Crippen LogP contribution < -0.4 is 5.73 Å². The predicted octanol–water partition coefficient (Wildman–Crippen LogP) is 2.00. The van der Waals surface area contributed by atoms with E-state index in [2.05, 4.69) is 32.7 Å². The van der Waals surface area contributed by atoms with E-state index in [0.29, 0.717) is 6.54 Å². The molecule has 0 radical (unpaired) electrons. The van der Waals surface area contributed by atoms with Gasteiger partial charge in [-0.25, -0.2) is 9.97 Å². The highest BCUT2D eigenvalue weighted by Crippen LogP contribution is 2.13. The zero-order valence-electron chi connectivity index (χ0n) is 10.0. The van der Waals surface area contributed by atoms with Gasteiger partial charge in [-0.05, 0) is 14.0 Å². The van der Waals surface area contributed by atoms with Crippen LogP contribution in [0.25, 0.3) is 0 Å². The number of nitrogens with two attached hydrogens (primary N) is 1. The summed E-state index contributed by atoms with van der Waals surface area (Å²) in [6, 6.07) is 0. The Balaban J connectivity index is 1.90. The van der Waals surface area contributed by atoms with Crippen LogP contribution in [0.5, 0.6) is 0 Å². The fraction of sp³-hybridized carbons (Fsp3) is 0.455. The van der Waals surface area contributed by atoms with Crippen molar-refractivity contribution in [1.82, 2.24) is 14.9 Å². The lowest BCUT2D eigenvalue weighted by Gasteiger charge is -2.13. The Morgan fingerprint density at radius 3 is 2.35 bits per heavy atom. The van der Waals surface area contributed by atoms with Crippen molar-refractivity contribution < 1.29 is 0 Å². The summed E-state index contributed by atoms with van der Waals surface area (Å²) < 4.78 is 0. The molecule has 0 unspecified atom stereocenters. The molecular weight excluding hydrogens is 252 g/mol. The third kappa shape index (κ3) is 3.57. The van der Waals surface area contributed by atoms with Crippen LogP contribution in [-0.2, 0) is 19.6 Å². The maximum atomic E-state index is 5.55. The molecule has 17 heavy (non-hydrogen) atoms. The molecule has 92 valence electrons. The first-order chi connectivity index (χ1) is 8.17. The summed E-state index contributed by atoms with van der Waals surface area (Å²) in [4.78, 5) is 11.1. The van der Waals surface area contributed by atoms with E-state index >= 15 is 0 Å². The molecule has 0 aliphatic rings. The van der Waals surface area contributed by atoms with Gasteiger partial charge in [-0.1, -0.05) is 0 Å². The van der Waals surface area contributed by atoms with Crippen LogP contribution in [0.2, 0.25) is 0 Å². The summed E-state index contributed by atoms with van der Waals surface area (Å²) in [6.45, 7) is 4.26. The van der Waals surface area contributed by atoms with Crippen LogP contribution in [0.15, 0.2) is 10.8 Å². The minimum atomic E-state index is 0.527. The van der Waals surface area contributed by atoms with Gasteiger partial charge in [-0.2, -0.15) is 0 Å². The van der Waals surface area contributed by atoms with Crippen molar-refractivity contribution in [3.8, 4) is 0 Å². The highest BCUT2D eigenvalue weighted by molar-refractivity contribution is 7.09. The van der Waals surface area contributed by atoms with Gasteiger partial charge in [0, 0.05) is 30.4 Å². The van der Waals surface area contributed by atoms with Crippen molar-refractivity contribution in [1.29, 1.82) is 0 Å². The second-order valence-electron chi connectivity index (χ2n) is 3.97. The third-order valence-electron chi connectivity index (χ3n) is 2.30. The molecule has 2 aromatic heterocycles. The van der Waals surface area contributed by atoms with E-state index in [4.69, 9.17) is 5.73 Å². The fourth-order valence-electron chi connectivity index (χ4n) is 1.61. The van der Waals surface area contributed by atoms with Crippen LogP contribution in [0, 0.1) is 6.92 Å². The summed E-state index contributed by atoms with van der Waals surface area (Å²) >= 11 is 3.32. The number of hydrogen-bond acceptors (Lipinski definition) is 6. The van der Waals surface area contributed by atoms with Crippen LogP contribution in [0.3, 0.4) is 0 Å². The molecule has 2 N–H and O–H groups in total. The molecule has 2 heterocycles. The second-order valence-corrected chi connectivity index (χ2v) is 5.97. The summed E-state index contributed by atoms with van der Waals surface area (Å²) in [5.41, 5.74) is 7.76. The van der Waals surface area contributed by atoms with E-state index in [9.17, 15) is 0 Å². The van der Waals surface area contributed by atoms with E-state index in [1.807, 2.05) is 6.92 Å². The third-order valence-corrected chi connectivity index (χ3v) is 4.05. The van der Waals surface area contributed by atoms with Crippen molar-refractivity contribution in [2.24, 2.45) is 5.73 Å². The van der Waals surface area contributed by atoms with E-state index in [1.165, 1.54) is 0 Å². The monoisotopic (exact) mass is 268 g/mol. The van der Waals surface area contributed by atoms with Gasteiger partial charge in [0.25, 0.3) is 0 Å². The molecular formula is C11H16N4S2. The Kier molecular flexibility index (Phi) is 4.22. The van der Waals surface area contributed by atoms with Gasteiger partial charge in [0.05, 0.1) is 16.4 Å². The molecule has 0 aliphatic heterocycles. The Labute approximate surface area is 109 Å². The molecule has 0 bridgehead atoms. The highest BCUT2D eigenvalue weighted by atomic mass is 32.1. The van der Waals surface area contributed by atoms with Crippen molar-refractivity contribution in [3.63, 3.8) is 0 Å². The predicted molar refractivity (Wildman–Crippen MR) is 72.0 cm³/mol. The van der Waals surface area contributed by atoms with Gasteiger partial charge >= 0.3 is 0 Å². The average molecular weight is 268 g/mol. The summed E-state index contributed by atoms with van der Waals surface area (Å²) in [5, 5.41) is 6.30. The standard InChI is InChI=1S/C11H16N4S2/c1-8-13-9(6-16-8)4-15(2)5-10-7-17-11(3-12)14-10/h6-7H,3-5,12H2,1-2H3. The topological polar surface area (TPSA) is 55.0 Å². The molecule has 0 saturated heterocycles. The molecule has 0 spiro atoms. The SMILES string of the molecule is Cc1nc(CN(C)Cc2csc(CN)n2)cs1. The Morgan fingerprint density at radius 1 is 1.18 bits per heavy atom. The van der Waals surface area contributed by atoms with E-state index in [0.717, 1.165) is 34.5 Å². The van der Waals surface area contributed by atoms with Gasteiger partial charge in [0.1, 0.15) is 5.01 Å². The number of thiazole rings is 2. The van der Waals surface area contributed by atoms with Crippen molar-refractivity contribution >= 4 is 22.7 Å². The zero-order valence-corrected chi connectivity index (χ0v) is 11.6. The summed E-state index contributed by atoms with van der Waals surface area (Å²) in [5.74, 6) is 0. The first-order valence-corrected chi connectivity index (χ1v) is 7.16. The number of rotatable bonds is 5. The Hall–Kier alpha value is -0.820. The first kappa shape index (κ1) is 12.6. The lowest BCUT2D eigenvalue weighted by atomic mass is 10.4. The van der Waals surface area contributed by atoms with Crippen molar-refractivity contribution in [2.45, 2.75) is 26.6 Å². The van der Waals surface area contributed by atoms with Crippen LogP contribution in [-0.4, -0.2) is 21.9 Å². The fourth-order valence-corrected chi connectivity index (χ4v) is 2.87. The number of nitrogens with zero attached hydrogens (tertiary/aromatic N) is 3.